The van der Waals surface area contributed by atoms with Crippen LogP contribution < -0.4 is 16.2 Å². The molecule has 7 nitrogen and oxygen atoms in total. The highest BCUT2D eigenvalue weighted by Gasteiger charge is 2.11. The van der Waals surface area contributed by atoms with Crippen molar-refractivity contribution in [2.75, 3.05) is 7.11 Å². The summed E-state index contributed by atoms with van der Waals surface area (Å²) in [5.41, 5.74) is 5.76. The van der Waals surface area contributed by atoms with Gasteiger partial charge in [0, 0.05) is 16.1 Å². The molecule has 9 heteroatoms. The quantitative estimate of drug-likeness (QED) is 0.421. The number of carbonyl (C=O) groups excluding carboxylic acids is 3. The van der Waals surface area contributed by atoms with Crippen molar-refractivity contribution in [2.24, 2.45) is 0 Å². The van der Waals surface area contributed by atoms with Crippen molar-refractivity contribution in [3.05, 3.63) is 70.2 Å². The van der Waals surface area contributed by atoms with Gasteiger partial charge in [0.05, 0.1) is 12.7 Å². The highest BCUT2D eigenvalue weighted by Crippen LogP contribution is 2.09. The fourth-order valence-electron chi connectivity index (χ4n) is 1.87. The molecule has 2 amide bonds. The van der Waals surface area contributed by atoms with Crippen molar-refractivity contribution in [3.8, 4) is 0 Å². The van der Waals surface area contributed by atoms with Gasteiger partial charge < -0.3 is 4.74 Å². The summed E-state index contributed by atoms with van der Waals surface area (Å²) in [5.74, 6) is -1.44. The van der Waals surface area contributed by atoms with Crippen molar-refractivity contribution in [2.45, 2.75) is 0 Å². The van der Waals surface area contributed by atoms with Crippen molar-refractivity contribution in [1.29, 1.82) is 0 Å². The average Bonchev–Trinajstić information content (AvgIpc) is 2.66. The van der Waals surface area contributed by atoms with Crippen LogP contribution in [0.1, 0.15) is 31.1 Å². The second-order valence-corrected chi connectivity index (χ2v) is 5.78. The largest absolute Gasteiger partial charge is 0.465 e. The Bertz CT molecular complexity index is 838. The van der Waals surface area contributed by atoms with Crippen LogP contribution in [0.25, 0.3) is 0 Å². The molecule has 0 aliphatic carbocycles. The summed E-state index contributed by atoms with van der Waals surface area (Å²) in [7, 11) is 1.27. The van der Waals surface area contributed by atoms with E-state index in [0.29, 0.717) is 16.1 Å². The summed E-state index contributed by atoms with van der Waals surface area (Å²) in [4.78, 5) is 35.3. The normalized spacial score (nSPS) is 9.77. The molecule has 0 aliphatic heterocycles. The van der Waals surface area contributed by atoms with Crippen molar-refractivity contribution in [1.82, 2.24) is 16.2 Å². The van der Waals surface area contributed by atoms with E-state index in [1.54, 1.807) is 24.3 Å². The van der Waals surface area contributed by atoms with Gasteiger partial charge in [-0.2, -0.15) is 0 Å². The number of hydrogen-bond donors (Lipinski definition) is 3. The van der Waals surface area contributed by atoms with Crippen LogP contribution in [0.5, 0.6) is 0 Å². The third kappa shape index (κ3) is 5.27. The predicted octanol–water partition coefficient (Wildman–Crippen LogP) is 2.08. The Labute approximate surface area is 159 Å². The maximum Gasteiger partial charge on any atom is 0.337 e. The van der Waals surface area contributed by atoms with E-state index < -0.39 is 17.8 Å². The average molecular weight is 392 g/mol. The van der Waals surface area contributed by atoms with Crippen LogP contribution in [0.4, 0.5) is 0 Å². The maximum atomic E-state index is 12.1. The zero-order chi connectivity index (χ0) is 19.1. The molecule has 0 atom stereocenters. The molecule has 2 rings (SSSR count). The van der Waals surface area contributed by atoms with Crippen LogP contribution in [0.3, 0.4) is 0 Å². The minimum absolute atomic E-state index is 0.0886. The molecule has 0 bridgehead atoms. The molecule has 0 unspecified atom stereocenters. The molecule has 0 fully saturated rings. The van der Waals surface area contributed by atoms with Crippen LogP contribution >= 0.6 is 23.8 Å². The second kappa shape index (κ2) is 8.93. The summed E-state index contributed by atoms with van der Waals surface area (Å²) < 4.78 is 4.58. The van der Waals surface area contributed by atoms with Crippen molar-refractivity contribution < 1.29 is 19.1 Å². The molecule has 0 spiro atoms. The number of rotatable bonds is 3. The summed E-state index contributed by atoms with van der Waals surface area (Å²) in [6, 6.07) is 12.1. The highest BCUT2D eigenvalue weighted by molar-refractivity contribution is 7.80. The van der Waals surface area contributed by atoms with Gasteiger partial charge in [0.2, 0.25) is 0 Å². The van der Waals surface area contributed by atoms with Crippen LogP contribution in [-0.4, -0.2) is 30.0 Å². The molecule has 0 saturated carbocycles. The Balaban J connectivity index is 1.87. The number of thiocarbonyl (C=S) groups is 1. The van der Waals surface area contributed by atoms with Gasteiger partial charge in [0.1, 0.15) is 0 Å². The van der Waals surface area contributed by atoms with E-state index in [9.17, 15) is 14.4 Å². The van der Waals surface area contributed by atoms with E-state index in [4.69, 9.17) is 23.8 Å². The third-order valence-electron chi connectivity index (χ3n) is 3.19. The SMILES string of the molecule is COC(=O)c1ccc(C(=O)NC(=S)NNC(=O)c2ccc(Cl)cc2)cc1. The van der Waals surface area contributed by atoms with Gasteiger partial charge in [0.15, 0.2) is 5.11 Å². The van der Waals surface area contributed by atoms with E-state index in [2.05, 4.69) is 20.9 Å². The lowest BCUT2D eigenvalue weighted by Crippen LogP contribution is -2.48. The number of amides is 2. The van der Waals surface area contributed by atoms with Crippen LogP contribution in [-0.2, 0) is 4.74 Å². The Morgan fingerprint density at radius 2 is 1.35 bits per heavy atom. The summed E-state index contributed by atoms with van der Waals surface area (Å²) >= 11 is 10.7. The lowest BCUT2D eigenvalue weighted by atomic mass is 10.1. The van der Waals surface area contributed by atoms with Crippen molar-refractivity contribution in [3.63, 3.8) is 0 Å². The Morgan fingerprint density at radius 1 is 0.846 bits per heavy atom. The number of halogens is 1. The predicted molar refractivity (Wildman–Crippen MR) is 99.9 cm³/mol. The summed E-state index contributed by atoms with van der Waals surface area (Å²) in [5, 5.41) is 2.83. The minimum Gasteiger partial charge on any atom is -0.465 e. The first-order valence-corrected chi connectivity index (χ1v) is 8.05. The third-order valence-corrected chi connectivity index (χ3v) is 3.65. The lowest BCUT2D eigenvalue weighted by Gasteiger charge is -2.11. The van der Waals surface area contributed by atoms with E-state index in [1.807, 2.05) is 0 Å². The smallest absolute Gasteiger partial charge is 0.337 e. The number of hydrazine groups is 1. The Hall–Kier alpha value is -2.97. The first-order chi connectivity index (χ1) is 12.4. The van der Waals surface area contributed by atoms with Crippen LogP contribution in [0.15, 0.2) is 48.5 Å². The topological polar surface area (TPSA) is 96.5 Å². The molecule has 26 heavy (non-hydrogen) atoms. The number of benzene rings is 2. The first kappa shape index (κ1) is 19.4. The number of hydrogen-bond acceptors (Lipinski definition) is 5. The van der Waals surface area contributed by atoms with E-state index >= 15 is 0 Å². The van der Waals surface area contributed by atoms with E-state index in [1.165, 1.54) is 31.4 Å². The standard InChI is InChI=1S/C17H14ClN3O4S/c1-25-16(24)12-4-2-10(3-5-12)14(22)19-17(26)21-20-15(23)11-6-8-13(18)9-7-11/h2-9H,1H3,(H,20,23)(H2,19,21,22,26). The van der Waals surface area contributed by atoms with Gasteiger partial charge in [0.25, 0.3) is 11.8 Å². The van der Waals surface area contributed by atoms with Gasteiger partial charge in [-0.05, 0) is 60.7 Å². The first-order valence-electron chi connectivity index (χ1n) is 7.26. The molecule has 0 heterocycles. The molecular formula is C17H14ClN3O4S. The van der Waals surface area contributed by atoms with Gasteiger partial charge in [-0.1, -0.05) is 11.6 Å². The van der Waals surface area contributed by atoms with Gasteiger partial charge >= 0.3 is 5.97 Å². The highest BCUT2D eigenvalue weighted by atomic mass is 35.5. The van der Waals surface area contributed by atoms with Gasteiger partial charge in [-0.3, -0.25) is 25.8 Å². The fraction of sp³-hybridized carbons (Fsp3) is 0.0588. The number of esters is 1. The number of carbonyl (C=O) groups is 3. The monoisotopic (exact) mass is 391 g/mol. The molecule has 0 saturated heterocycles. The minimum atomic E-state index is -0.501. The Morgan fingerprint density at radius 3 is 1.92 bits per heavy atom. The molecule has 0 aromatic heterocycles. The van der Waals surface area contributed by atoms with E-state index in [0.717, 1.165) is 0 Å². The lowest BCUT2D eigenvalue weighted by molar-refractivity contribution is 0.0600. The van der Waals surface area contributed by atoms with Crippen LogP contribution in [0.2, 0.25) is 5.02 Å². The molecule has 134 valence electrons. The van der Waals surface area contributed by atoms with Gasteiger partial charge in [-0.15, -0.1) is 0 Å². The molecule has 2 aromatic carbocycles. The maximum absolute atomic E-state index is 12.1. The molecule has 0 aliphatic rings. The summed E-state index contributed by atoms with van der Waals surface area (Å²) in [6.07, 6.45) is 0. The van der Waals surface area contributed by atoms with Gasteiger partial charge in [-0.25, -0.2) is 4.79 Å². The summed E-state index contributed by atoms with van der Waals surface area (Å²) in [6.45, 7) is 0. The number of nitrogens with one attached hydrogen (secondary N) is 3. The number of methoxy groups -OCH3 is 1. The number of ether oxygens (including phenoxy) is 1. The molecule has 2 aromatic rings. The molecule has 3 N–H and O–H groups in total. The second-order valence-electron chi connectivity index (χ2n) is 4.94. The zero-order valence-corrected chi connectivity index (χ0v) is 15.1. The van der Waals surface area contributed by atoms with Crippen molar-refractivity contribution >= 4 is 46.7 Å². The zero-order valence-electron chi connectivity index (χ0n) is 13.5. The van der Waals surface area contributed by atoms with Crippen LogP contribution in [0, 0.1) is 0 Å². The van der Waals surface area contributed by atoms with E-state index in [-0.39, 0.29) is 10.7 Å². The fourth-order valence-corrected chi connectivity index (χ4v) is 2.14. The molecular weight excluding hydrogens is 378 g/mol. The molecule has 0 radical (unpaired) electrons. The Kier molecular flexibility index (Phi) is 6.65.